The third-order valence-corrected chi connectivity index (χ3v) is 2.05. The lowest BCUT2D eigenvalue weighted by Crippen LogP contribution is -2.15. The average Bonchev–Trinajstić information content (AvgIpc) is 2.07. The summed E-state index contributed by atoms with van der Waals surface area (Å²) in [7, 11) is 0. The number of rotatable bonds is 2. The van der Waals surface area contributed by atoms with Crippen LogP contribution < -0.4 is 0 Å². The molecule has 1 aromatic rings. The maximum Gasteiger partial charge on any atom is 0.130 e. The monoisotopic (exact) mass is 194 g/mol. The molecule has 0 amide bonds. The van der Waals surface area contributed by atoms with Crippen LogP contribution in [0.15, 0.2) is 24.3 Å². The van der Waals surface area contributed by atoms with Crippen molar-refractivity contribution in [2.24, 2.45) is 0 Å². The molecule has 0 atom stereocenters. The van der Waals surface area contributed by atoms with E-state index in [1.54, 1.807) is 38.1 Å². The number of allylic oxidation sites excluding steroid dienone is 1. The number of hydrogen-bond donors (Lipinski definition) is 1. The Morgan fingerprint density at radius 3 is 2.43 bits per heavy atom. The van der Waals surface area contributed by atoms with Crippen LogP contribution in [0, 0.1) is 5.82 Å². The zero-order valence-electron chi connectivity index (χ0n) is 8.71. The zero-order chi connectivity index (χ0) is 10.8. The van der Waals surface area contributed by atoms with Gasteiger partial charge < -0.3 is 5.11 Å². The summed E-state index contributed by atoms with van der Waals surface area (Å²) in [5.41, 5.74) is 0.138. The van der Waals surface area contributed by atoms with Crippen molar-refractivity contribution >= 4 is 6.08 Å². The molecule has 0 bridgehead atoms. The summed E-state index contributed by atoms with van der Waals surface area (Å²) in [6.07, 6.45) is 3.48. The Morgan fingerprint density at radius 2 is 2.00 bits per heavy atom. The van der Waals surface area contributed by atoms with Gasteiger partial charge in [-0.1, -0.05) is 24.3 Å². The van der Waals surface area contributed by atoms with Crippen LogP contribution in [-0.2, 0) is 5.60 Å². The molecule has 0 spiro atoms. The Morgan fingerprint density at radius 1 is 1.36 bits per heavy atom. The first-order valence-electron chi connectivity index (χ1n) is 4.60. The van der Waals surface area contributed by atoms with Crippen molar-refractivity contribution in [3.05, 3.63) is 41.2 Å². The molecule has 0 aliphatic rings. The van der Waals surface area contributed by atoms with E-state index in [0.29, 0.717) is 11.1 Å². The van der Waals surface area contributed by atoms with E-state index < -0.39 is 5.60 Å². The summed E-state index contributed by atoms with van der Waals surface area (Å²) >= 11 is 0. The van der Waals surface area contributed by atoms with E-state index in [0.717, 1.165) is 0 Å². The summed E-state index contributed by atoms with van der Waals surface area (Å²) in [6, 6.07) is 4.77. The maximum absolute atomic E-state index is 13.4. The summed E-state index contributed by atoms with van der Waals surface area (Å²) in [4.78, 5) is 0. The van der Waals surface area contributed by atoms with Crippen molar-refractivity contribution in [1.82, 2.24) is 0 Å². The summed E-state index contributed by atoms with van der Waals surface area (Å²) in [5, 5.41) is 9.65. The van der Waals surface area contributed by atoms with Crippen LogP contribution in [0.3, 0.4) is 0 Å². The van der Waals surface area contributed by atoms with E-state index in [1.807, 2.05) is 6.92 Å². The summed E-state index contributed by atoms with van der Waals surface area (Å²) in [5.74, 6) is -0.303. The quantitative estimate of drug-likeness (QED) is 0.767. The minimum atomic E-state index is -0.991. The van der Waals surface area contributed by atoms with E-state index in [9.17, 15) is 9.50 Å². The van der Waals surface area contributed by atoms with E-state index in [2.05, 4.69) is 0 Å². The standard InChI is InChI=1S/C12H15FO/c1-4-5-9-6-7-10(8-11(9)13)12(2,3)14/h4-8,14H,1-3H3/b5-4+. The fourth-order valence-electron chi connectivity index (χ4n) is 1.22. The van der Waals surface area contributed by atoms with Crippen LogP contribution in [0.1, 0.15) is 31.9 Å². The number of benzene rings is 1. The van der Waals surface area contributed by atoms with E-state index in [1.165, 1.54) is 6.07 Å². The number of halogens is 1. The molecule has 1 rings (SSSR count). The first-order valence-corrected chi connectivity index (χ1v) is 4.60. The predicted octanol–water partition coefficient (Wildman–Crippen LogP) is 3.09. The van der Waals surface area contributed by atoms with Gasteiger partial charge >= 0.3 is 0 Å². The van der Waals surface area contributed by atoms with Crippen LogP contribution in [0.2, 0.25) is 0 Å². The SMILES string of the molecule is C/C=C/c1ccc(C(C)(C)O)cc1F. The van der Waals surface area contributed by atoms with Gasteiger partial charge in [-0.2, -0.15) is 0 Å². The lowest BCUT2D eigenvalue weighted by atomic mass is 9.97. The second kappa shape index (κ2) is 3.93. The molecule has 14 heavy (non-hydrogen) atoms. The van der Waals surface area contributed by atoms with Crippen molar-refractivity contribution in [3.8, 4) is 0 Å². The lowest BCUT2D eigenvalue weighted by Gasteiger charge is -2.17. The minimum Gasteiger partial charge on any atom is -0.386 e. The Labute approximate surface area is 83.9 Å². The fraction of sp³-hybridized carbons (Fsp3) is 0.333. The van der Waals surface area contributed by atoms with Crippen LogP contribution in [0.25, 0.3) is 6.08 Å². The van der Waals surface area contributed by atoms with Crippen LogP contribution in [-0.4, -0.2) is 5.11 Å². The predicted molar refractivity (Wildman–Crippen MR) is 56.4 cm³/mol. The highest BCUT2D eigenvalue weighted by molar-refractivity contribution is 5.50. The van der Waals surface area contributed by atoms with Gasteiger partial charge in [0.25, 0.3) is 0 Å². The van der Waals surface area contributed by atoms with E-state index >= 15 is 0 Å². The second-order valence-electron chi connectivity index (χ2n) is 3.80. The van der Waals surface area contributed by atoms with E-state index in [4.69, 9.17) is 0 Å². The smallest absolute Gasteiger partial charge is 0.130 e. The van der Waals surface area contributed by atoms with Gasteiger partial charge in [-0.3, -0.25) is 0 Å². The van der Waals surface area contributed by atoms with Gasteiger partial charge in [0.15, 0.2) is 0 Å². The molecule has 0 fully saturated rings. The summed E-state index contributed by atoms with van der Waals surface area (Å²) in [6.45, 7) is 5.11. The van der Waals surface area contributed by atoms with Crippen molar-refractivity contribution in [3.63, 3.8) is 0 Å². The molecule has 0 saturated carbocycles. The highest BCUT2D eigenvalue weighted by Gasteiger charge is 2.16. The minimum absolute atomic E-state index is 0.303. The molecule has 0 aliphatic carbocycles. The molecule has 0 aliphatic heterocycles. The molecule has 1 aromatic carbocycles. The Kier molecular flexibility index (Phi) is 3.06. The maximum atomic E-state index is 13.4. The van der Waals surface area contributed by atoms with Gasteiger partial charge in [-0.15, -0.1) is 0 Å². The lowest BCUT2D eigenvalue weighted by molar-refractivity contribution is 0.0782. The molecule has 2 heteroatoms. The van der Waals surface area contributed by atoms with Gasteiger partial charge in [0.05, 0.1) is 5.60 Å². The molecule has 76 valence electrons. The molecule has 0 saturated heterocycles. The third kappa shape index (κ3) is 2.42. The van der Waals surface area contributed by atoms with Crippen molar-refractivity contribution in [2.45, 2.75) is 26.4 Å². The molecule has 0 unspecified atom stereocenters. The van der Waals surface area contributed by atoms with Crippen molar-refractivity contribution in [1.29, 1.82) is 0 Å². The highest BCUT2D eigenvalue weighted by atomic mass is 19.1. The van der Waals surface area contributed by atoms with E-state index in [-0.39, 0.29) is 5.82 Å². The van der Waals surface area contributed by atoms with Gasteiger partial charge in [0, 0.05) is 5.56 Å². The van der Waals surface area contributed by atoms with Gasteiger partial charge in [0.1, 0.15) is 5.82 Å². The molecule has 1 N–H and O–H groups in total. The van der Waals surface area contributed by atoms with Gasteiger partial charge in [-0.25, -0.2) is 4.39 Å². The zero-order valence-corrected chi connectivity index (χ0v) is 8.71. The summed E-state index contributed by atoms with van der Waals surface area (Å²) < 4.78 is 13.4. The largest absolute Gasteiger partial charge is 0.386 e. The first-order chi connectivity index (χ1) is 6.45. The fourth-order valence-corrected chi connectivity index (χ4v) is 1.22. The average molecular weight is 194 g/mol. The second-order valence-corrected chi connectivity index (χ2v) is 3.80. The Hall–Kier alpha value is -1.15. The Bertz CT molecular complexity index is 348. The Balaban J connectivity index is 3.13. The van der Waals surface area contributed by atoms with Crippen molar-refractivity contribution in [2.75, 3.05) is 0 Å². The first kappa shape index (κ1) is 10.9. The molecular formula is C12H15FO. The molecule has 1 nitrogen and oxygen atoms in total. The van der Waals surface area contributed by atoms with Gasteiger partial charge in [0.2, 0.25) is 0 Å². The van der Waals surface area contributed by atoms with Crippen molar-refractivity contribution < 1.29 is 9.50 Å². The van der Waals surface area contributed by atoms with Crippen LogP contribution in [0.4, 0.5) is 4.39 Å². The third-order valence-electron chi connectivity index (χ3n) is 2.05. The topological polar surface area (TPSA) is 20.2 Å². The van der Waals surface area contributed by atoms with Crippen LogP contribution in [0.5, 0.6) is 0 Å². The van der Waals surface area contributed by atoms with Gasteiger partial charge in [-0.05, 0) is 32.4 Å². The highest BCUT2D eigenvalue weighted by Crippen LogP contribution is 2.22. The molecule has 0 radical (unpaired) electrons. The molecule has 0 aromatic heterocycles. The number of hydrogen-bond acceptors (Lipinski definition) is 1. The number of aliphatic hydroxyl groups is 1. The van der Waals surface area contributed by atoms with Crippen LogP contribution >= 0.6 is 0 Å². The molecule has 0 heterocycles. The normalized spacial score (nSPS) is 12.4. The molecular weight excluding hydrogens is 179 g/mol.